The molecule has 1 saturated carbocycles. The molecule has 6 heteroatoms. The molecule has 1 aliphatic rings. The monoisotopic (exact) mass is 281 g/mol. The van der Waals surface area contributed by atoms with Gasteiger partial charge in [0, 0.05) is 6.07 Å². The number of nitro benzene ring substituents is 1. The number of nitro groups is 1. The first-order valence-electron chi connectivity index (χ1n) is 6.61. The largest absolute Gasteiger partial charge is 0.481 e. The molecule has 0 aliphatic heterocycles. The van der Waals surface area contributed by atoms with Crippen molar-refractivity contribution in [1.29, 1.82) is 0 Å². The third kappa shape index (κ3) is 2.79. The summed E-state index contributed by atoms with van der Waals surface area (Å²) >= 11 is 0. The van der Waals surface area contributed by atoms with Gasteiger partial charge < -0.3 is 5.11 Å². The topological polar surface area (TPSA) is 80.4 Å². The molecule has 5 nitrogen and oxygen atoms in total. The zero-order chi connectivity index (χ0) is 14.8. The third-order valence-corrected chi connectivity index (χ3v) is 4.02. The quantitative estimate of drug-likeness (QED) is 0.678. The van der Waals surface area contributed by atoms with Gasteiger partial charge in [0.05, 0.1) is 10.3 Å². The van der Waals surface area contributed by atoms with Gasteiger partial charge in [0.25, 0.3) is 0 Å². The van der Waals surface area contributed by atoms with Crippen LogP contribution in [0.3, 0.4) is 0 Å². The van der Waals surface area contributed by atoms with Crippen LogP contribution in [0.5, 0.6) is 0 Å². The maximum absolute atomic E-state index is 13.6. The Morgan fingerprint density at radius 3 is 2.50 bits per heavy atom. The summed E-state index contributed by atoms with van der Waals surface area (Å²) in [5.74, 6) is -1.78. The number of benzene rings is 1. The van der Waals surface area contributed by atoms with Crippen LogP contribution in [0.1, 0.15) is 37.7 Å². The van der Waals surface area contributed by atoms with E-state index in [1.165, 1.54) is 6.07 Å². The summed E-state index contributed by atoms with van der Waals surface area (Å²) in [5, 5.41) is 20.0. The van der Waals surface area contributed by atoms with E-state index in [1.807, 2.05) is 0 Å². The molecule has 0 aromatic heterocycles. The van der Waals surface area contributed by atoms with Crippen molar-refractivity contribution in [3.05, 3.63) is 39.7 Å². The summed E-state index contributed by atoms with van der Waals surface area (Å²) in [4.78, 5) is 21.3. The van der Waals surface area contributed by atoms with Gasteiger partial charge in [-0.1, -0.05) is 25.3 Å². The lowest BCUT2D eigenvalue weighted by molar-refractivity contribution is -0.387. The minimum atomic E-state index is -0.913. The Morgan fingerprint density at radius 2 is 2.00 bits per heavy atom. The van der Waals surface area contributed by atoms with E-state index in [9.17, 15) is 24.4 Å². The number of hydrogen-bond acceptors (Lipinski definition) is 3. The molecule has 0 atom stereocenters. The highest BCUT2D eigenvalue weighted by atomic mass is 19.1. The van der Waals surface area contributed by atoms with Gasteiger partial charge in [0.15, 0.2) is 0 Å². The van der Waals surface area contributed by atoms with Crippen LogP contribution in [-0.2, 0) is 11.2 Å². The van der Waals surface area contributed by atoms with Gasteiger partial charge in [-0.3, -0.25) is 14.9 Å². The Hall–Kier alpha value is -1.98. The maximum Gasteiger partial charge on any atom is 0.309 e. The van der Waals surface area contributed by atoms with Crippen LogP contribution in [0.4, 0.5) is 10.1 Å². The highest BCUT2D eigenvalue weighted by Crippen LogP contribution is 2.40. The van der Waals surface area contributed by atoms with Crippen LogP contribution in [-0.4, -0.2) is 16.0 Å². The van der Waals surface area contributed by atoms with Gasteiger partial charge in [-0.2, -0.15) is 4.39 Å². The second-order valence-corrected chi connectivity index (χ2v) is 5.37. The number of carboxylic acid groups (broad SMARTS) is 1. The van der Waals surface area contributed by atoms with E-state index in [0.29, 0.717) is 18.4 Å². The predicted octanol–water partition coefficient (Wildman–Crippen LogP) is 3.31. The molecule has 0 unspecified atom stereocenters. The Balaban J connectivity index is 2.25. The summed E-state index contributed by atoms with van der Waals surface area (Å²) in [6, 6.07) is 3.63. The lowest BCUT2D eigenvalue weighted by Crippen LogP contribution is -2.35. The molecule has 1 aromatic rings. The average Bonchev–Trinajstić information content (AvgIpc) is 2.39. The van der Waals surface area contributed by atoms with Crippen LogP contribution < -0.4 is 0 Å². The summed E-state index contributed by atoms with van der Waals surface area (Å²) in [6.07, 6.45) is 4.08. The number of carboxylic acids is 1. The molecule has 1 aromatic carbocycles. The van der Waals surface area contributed by atoms with E-state index in [0.717, 1.165) is 31.4 Å². The Labute approximate surface area is 115 Å². The number of aliphatic carboxylic acids is 1. The van der Waals surface area contributed by atoms with Crippen molar-refractivity contribution < 1.29 is 19.2 Å². The first kappa shape index (κ1) is 14.4. The highest BCUT2D eigenvalue weighted by Gasteiger charge is 2.39. The average molecular weight is 281 g/mol. The summed E-state index contributed by atoms with van der Waals surface area (Å²) < 4.78 is 13.6. The van der Waals surface area contributed by atoms with Crippen molar-refractivity contribution >= 4 is 11.7 Å². The Morgan fingerprint density at radius 1 is 1.35 bits per heavy atom. The van der Waals surface area contributed by atoms with E-state index >= 15 is 0 Å². The van der Waals surface area contributed by atoms with Crippen molar-refractivity contribution in [2.75, 3.05) is 0 Å². The molecule has 0 bridgehead atoms. The number of carbonyl (C=O) groups is 1. The van der Waals surface area contributed by atoms with E-state index in [2.05, 4.69) is 0 Å². The van der Waals surface area contributed by atoms with Crippen LogP contribution in [0.2, 0.25) is 0 Å². The van der Waals surface area contributed by atoms with E-state index < -0.39 is 27.8 Å². The van der Waals surface area contributed by atoms with Crippen LogP contribution in [0.25, 0.3) is 0 Å². The Bertz CT molecular complexity index is 538. The smallest absolute Gasteiger partial charge is 0.309 e. The van der Waals surface area contributed by atoms with Crippen molar-refractivity contribution in [2.24, 2.45) is 5.41 Å². The molecule has 0 amide bonds. The number of hydrogen-bond donors (Lipinski definition) is 1. The molecular weight excluding hydrogens is 265 g/mol. The number of halogens is 1. The lowest BCUT2D eigenvalue weighted by Gasteiger charge is -2.33. The van der Waals surface area contributed by atoms with Gasteiger partial charge in [-0.05, 0) is 30.9 Å². The molecular formula is C14H16FNO4. The number of rotatable bonds is 4. The standard InChI is InChI=1S/C14H16FNO4/c15-11-8-10(4-5-12(11)16(19)20)9-14(13(17)18)6-2-1-3-7-14/h4-5,8H,1-3,6-7,9H2,(H,17,18). The Kier molecular flexibility index (Phi) is 4.01. The van der Waals surface area contributed by atoms with Gasteiger partial charge >= 0.3 is 11.7 Å². The SMILES string of the molecule is O=C(O)C1(Cc2ccc([N+](=O)[O-])c(F)c2)CCCCC1. The molecule has 0 heterocycles. The molecule has 0 saturated heterocycles. The third-order valence-electron chi connectivity index (χ3n) is 4.02. The zero-order valence-corrected chi connectivity index (χ0v) is 11.0. The molecule has 0 radical (unpaired) electrons. The van der Waals surface area contributed by atoms with Gasteiger partial charge in [-0.25, -0.2) is 0 Å². The fourth-order valence-electron chi connectivity index (χ4n) is 2.89. The molecule has 1 N–H and O–H groups in total. The van der Waals surface area contributed by atoms with E-state index in [4.69, 9.17) is 0 Å². The van der Waals surface area contributed by atoms with Gasteiger partial charge in [0.2, 0.25) is 5.82 Å². The van der Waals surface area contributed by atoms with Crippen molar-refractivity contribution in [3.8, 4) is 0 Å². The zero-order valence-electron chi connectivity index (χ0n) is 11.0. The minimum Gasteiger partial charge on any atom is -0.481 e. The van der Waals surface area contributed by atoms with Crippen molar-refractivity contribution in [2.45, 2.75) is 38.5 Å². The van der Waals surface area contributed by atoms with E-state index in [-0.39, 0.29) is 6.42 Å². The summed E-state index contributed by atoms with van der Waals surface area (Å²) in [7, 11) is 0. The van der Waals surface area contributed by atoms with E-state index in [1.54, 1.807) is 0 Å². The van der Waals surface area contributed by atoms with Crippen LogP contribution in [0.15, 0.2) is 18.2 Å². The summed E-state index contributed by atoms with van der Waals surface area (Å²) in [5.41, 5.74) is -0.944. The fraction of sp³-hybridized carbons (Fsp3) is 0.500. The van der Waals surface area contributed by atoms with Crippen LogP contribution >= 0.6 is 0 Å². The lowest BCUT2D eigenvalue weighted by atomic mass is 9.70. The van der Waals surface area contributed by atoms with Crippen molar-refractivity contribution in [1.82, 2.24) is 0 Å². The minimum absolute atomic E-state index is 0.219. The predicted molar refractivity (Wildman–Crippen MR) is 69.9 cm³/mol. The molecule has 0 spiro atoms. The molecule has 20 heavy (non-hydrogen) atoms. The first-order chi connectivity index (χ1) is 9.44. The van der Waals surface area contributed by atoms with Gasteiger partial charge in [0.1, 0.15) is 0 Å². The highest BCUT2D eigenvalue weighted by molar-refractivity contribution is 5.75. The fourth-order valence-corrected chi connectivity index (χ4v) is 2.89. The number of nitrogens with zero attached hydrogens (tertiary/aromatic N) is 1. The molecule has 1 fully saturated rings. The first-order valence-corrected chi connectivity index (χ1v) is 6.61. The van der Waals surface area contributed by atoms with Gasteiger partial charge in [-0.15, -0.1) is 0 Å². The normalized spacial score (nSPS) is 17.6. The maximum atomic E-state index is 13.6. The second-order valence-electron chi connectivity index (χ2n) is 5.37. The van der Waals surface area contributed by atoms with Crippen LogP contribution in [0, 0.1) is 21.3 Å². The second kappa shape index (κ2) is 5.56. The molecule has 2 rings (SSSR count). The van der Waals surface area contributed by atoms with Crippen molar-refractivity contribution in [3.63, 3.8) is 0 Å². The molecule has 108 valence electrons. The summed E-state index contributed by atoms with van der Waals surface area (Å²) in [6.45, 7) is 0. The molecule has 1 aliphatic carbocycles.